The summed E-state index contributed by atoms with van der Waals surface area (Å²) in [4.78, 5) is 12.9. The van der Waals surface area contributed by atoms with E-state index in [0.29, 0.717) is 13.0 Å². The minimum atomic E-state index is -5.06. The van der Waals surface area contributed by atoms with Crippen LogP contribution in [0, 0.1) is 0 Å². The fourth-order valence-corrected chi connectivity index (χ4v) is 8.33. The maximum atomic E-state index is 12.9. The van der Waals surface area contributed by atoms with E-state index in [1.165, 1.54) is 128 Å². The molecule has 0 aromatic heterocycles. The summed E-state index contributed by atoms with van der Waals surface area (Å²) in [6.45, 7) is 3.93. The largest absolute Gasteiger partial charge is 0.457 e. The van der Waals surface area contributed by atoms with Gasteiger partial charge in [0.15, 0.2) is 6.29 Å². The van der Waals surface area contributed by atoms with E-state index in [2.05, 4.69) is 54.5 Å². The van der Waals surface area contributed by atoms with E-state index in [1.54, 1.807) is 0 Å². The predicted molar refractivity (Wildman–Crippen MR) is 257 cm³/mol. The Morgan fingerprint density at radius 1 is 0.594 bits per heavy atom. The minimum Gasteiger partial charge on any atom is -0.457 e. The van der Waals surface area contributed by atoms with Crippen molar-refractivity contribution in [3.63, 3.8) is 0 Å². The van der Waals surface area contributed by atoms with Gasteiger partial charge in [0, 0.05) is 13.0 Å². The second-order valence-electron chi connectivity index (χ2n) is 17.8. The first-order chi connectivity index (χ1) is 31.1. The van der Waals surface area contributed by atoms with Crippen LogP contribution in [0.2, 0.25) is 0 Å². The Labute approximate surface area is 390 Å². The number of ether oxygens (including phenoxy) is 4. The molecule has 376 valence electrons. The molecule has 0 bridgehead atoms. The van der Waals surface area contributed by atoms with Crippen molar-refractivity contribution >= 4 is 16.4 Å². The molecule has 1 fully saturated rings. The van der Waals surface area contributed by atoms with Crippen molar-refractivity contribution in [3.8, 4) is 0 Å². The fraction of sp³-hybridized carbons (Fsp3) is 0.863. The van der Waals surface area contributed by atoms with Crippen LogP contribution < -0.4 is 0 Å². The molecule has 1 aliphatic rings. The summed E-state index contributed by atoms with van der Waals surface area (Å²) < 4.78 is 59.2. The molecule has 1 aliphatic heterocycles. The molecule has 0 amide bonds. The van der Waals surface area contributed by atoms with Crippen LogP contribution in [0.15, 0.2) is 36.5 Å². The molecule has 1 rings (SSSR count). The van der Waals surface area contributed by atoms with Gasteiger partial charge in [-0.3, -0.25) is 9.35 Å². The van der Waals surface area contributed by atoms with Gasteiger partial charge >= 0.3 is 16.4 Å². The number of hydrogen-bond donors (Lipinski definition) is 4. The summed E-state index contributed by atoms with van der Waals surface area (Å²) in [6, 6.07) is 0. The molecule has 1 saturated heterocycles. The lowest BCUT2D eigenvalue weighted by Gasteiger charge is -2.41. The normalized spacial score (nSPS) is 20.0. The Balaban J connectivity index is 2.31. The van der Waals surface area contributed by atoms with Gasteiger partial charge in [0.2, 0.25) is 0 Å². The summed E-state index contributed by atoms with van der Waals surface area (Å²) in [5.41, 5.74) is 0. The van der Waals surface area contributed by atoms with Gasteiger partial charge in [0.05, 0.1) is 19.8 Å². The molecular formula is C51H94O12S. The van der Waals surface area contributed by atoms with Crippen molar-refractivity contribution in [1.82, 2.24) is 0 Å². The predicted octanol–water partition coefficient (Wildman–Crippen LogP) is 11.7. The highest BCUT2D eigenvalue weighted by Crippen LogP contribution is 2.26. The zero-order chi connectivity index (χ0) is 46.8. The molecule has 12 nitrogen and oxygen atoms in total. The van der Waals surface area contributed by atoms with Gasteiger partial charge < -0.3 is 34.3 Å². The average molecular weight is 931 g/mol. The zero-order valence-corrected chi connectivity index (χ0v) is 41.2. The highest BCUT2D eigenvalue weighted by Gasteiger charge is 2.48. The number of carbonyl (C=O) groups excluding carboxylic acids is 1. The number of unbranched alkanes of at least 4 members (excludes halogenated alkanes) is 26. The number of hydrogen-bond acceptors (Lipinski definition) is 11. The topological polar surface area (TPSA) is 178 Å². The maximum absolute atomic E-state index is 12.9. The molecule has 0 aliphatic carbocycles. The van der Waals surface area contributed by atoms with E-state index in [1.807, 2.05) is 0 Å². The second kappa shape index (κ2) is 42.7. The maximum Gasteiger partial charge on any atom is 0.397 e. The third-order valence-corrected chi connectivity index (χ3v) is 12.2. The Kier molecular flexibility index (Phi) is 40.2. The van der Waals surface area contributed by atoms with Crippen LogP contribution in [0.4, 0.5) is 0 Å². The van der Waals surface area contributed by atoms with Crippen LogP contribution in [-0.4, -0.2) is 97.5 Å². The monoisotopic (exact) mass is 931 g/mol. The highest BCUT2D eigenvalue weighted by atomic mass is 32.3. The molecule has 0 radical (unpaired) electrons. The number of aliphatic hydroxyl groups excluding tert-OH is 3. The number of rotatable bonds is 45. The van der Waals surface area contributed by atoms with E-state index < -0.39 is 59.8 Å². The first-order valence-corrected chi connectivity index (χ1v) is 27.1. The van der Waals surface area contributed by atoms with E-state index >= 15 is 0 Å². The standard InChI is InChI=1S/C51H94O12S/c1-3-5-7-9-11-13-15-17-18-19-20-21-22-23-24-25-26-27-29-31-33-35-37-39-41-59-43-45(44-60-51-49(55)50(63-64(56,57)58)48(54)46(42-52)62-51)61-47(53)40-38-36-34-32-30-28-16-14-12-10-8-6-4-2/h8,10,14,16,19-20,45-46,48-52,54-55H,3-7,9,11-13,15,17-18,21-44H2,1-2H3,(H,56,57,58)/b10-8-,16-14-,20-19-. The van der Waals surface area contributed by atoms with Gasteiger partial charge in [0.1, 0.15) is 30.5 Å². The fourth-order valence-electron chi connectivity index (χ4n) is 7.82. The molecule has 64 heavy (non-hydrogen) atoms. The van der Waals surface area contributed by atoms with Crippen molar-refractivity contribution in [2.24, 2.45) is 0 Å². The lowest BCUT2D eigenvalue weighted by atomic mass is 9.99. The van der Waals surface area contributed by atoms with E-state index in [9.17, 15) is 33.1 Å². The Morgan fingerprint density at radius 3 is 1.56 bits per heavy atom. The number of allylic oxidation sites excluding steroid dienone is 6. The molecule has 6 atom stereocenters. The molecule has 6 unspecified atom stereocenters. The molecule has 13 heteroatoms. The third kappa shape index (κ3) is 35.5. The van der Waals surface area contributed by atoms with Crippen molar-refractivity contribution in [2.75, 3.05) is 26.4 Å². The number of aliphatic hydroxyl groups is 3. The first-order valence-electron chi connectivity index (χ1n) is 25.7. The lowest BCUT2D eigenvalue weighted by Crippen LogP contribution is -2.60. The molecule has 0 aromatic carbocycles. The van der Waals surface area contributed by atoms with Crippen molar-refractivity contribution in [1.29, 1.82) is 0 Å². The van der Waals surface area contributed by atoms with E-state index in [0.717, 1.165) is 64.2 Å². The lowest BCUT2D eigenvalue weighted by molar-refractivity contribution is -0.301. The van der Waals surface area contributed by atoms with Crippen LogP contribution >= 0.6 is 0 Å². The number of carbonyl (C=O) groups is 1. The van der Waals surface area contributed by atoms with Gasteiger partial charge in [-0.25, -0.2) is 4.18 Å². The smallest absolute Gasteiger partial charge is 0.397 e. The van der Waals surface area contributed by atoms with Crippen molar-refractivity contribution in [2.45, 2.75) is 256 Å². The second-order valence-corrected chi connectivity index (χ2v) is 18.8. The van der Waals surface area contributed by atoms with Crippen LogP contribution in [0.1, 0.15) is 219 Å². The van der Waals surface area contributed by atoms with Crippen LogP contribution in [0.5, 0.6) is 0 Å². The van der Waals surface area contributed by atoms with Crippen LogP contribution in [-0.2, 0) is 38.3 Å². The molecule has 0 spiro atoms. The van der Waals surface area contributed by atoms with Crippen molar-refractivity contribution in [3.05, 3.63) is 36.5 Å². The van der Waals surface area contributed by atoms with Gasteiger partial charge in [-0.05, 0) is 64.2 Å². The SMILES string of the molecule is CCC/C=C\C/C=C\CCCCCCCC(=O)OC(COCCCCCCCCCCCCCC/C=C\CCCCCCCCCC)COC1OC(CO)C(O)C(OS(=O)(=O)O)C1O. The van der Waals surface area contributed by atoms with E-state index in [4.69, 9.17) is 18.9 Å². The van der Waals surface area contributed by atoms with Crippen molar-refractivity contribution < 1.29 is 56.2 Å². The summed E-state index contributed by atoms with van der Waals surface area (Å²) in [7, 11) is -5.06. The molecule has 1 heterocycles. The quantitative estimate of drug-likeness (QED) is 0.0197. The average Bonchev–Trinajstić information content (AvgIpc) is 3.27. The minimum absolute atomic E-state index is 0.0313. The summed E-state index contributed by atoms with van der Waals surface area (Å²) >= 11 is 0. The Hall–Kier alpha value is -1.68. The van der Waals surface area contributed by atoms with Gasteiger partial charge in [-0.2, -0.15) is 8.42 Å². The third-order valence-electron chi connectivity index (χ3n) is 11.7. The summed E-state index contributed by atoms with van der Waals surface area (Å²) in [5.74, 6) is -0.412. The van der Waals surface area contributed by atoms with Gasteiger partial charge in [0.25, 0.3) is 0 Å². The molecule has 0 aromatic rings. The zero-order valence-electron chi connectivity index (χ0n) is 40.3. The molecular weight excluding hydrogens is 837 g/mol. The van der Waals surface area contributed by atoms with E-state index in [-0.39, 0.29) is 19.6 Å². The van der Waals surface area contributed by atoms with Crippen LogP contribution in [0.25, 0.3) is 0 Å². The summed E-state index contributed by atoms with van der Waals surface area (Å²) in [6.07, 6.45) is 41.9. The van der Waals surface area contributed by atoms with Gasteiger partial charge in [-0.15, -0.1) is 0 Å². The molecule has 0 saturated carbocycles. The van der Waals surface area contributed by atoms with Gasteiger partial charge in [-0.1, -0.05) is 185 Å². The summed E-state index contributed by atoms with van der Waals surface area (Å²) in [5, 5.41) is 30.7. The number of esters is 1. The highest BCUT2D eigenvalue weighted by molar-refractivity contribution is 7.80. The first kappa shape index (κ1) is 60.3. The Bertz CT molecular complexity index is 1260. The van der Waals surface area contributed by atoms with Crippen LogP contribution in [0.3, 0.4) is 0 Å². The molecule has 4 N–H and O–H groups in total. The Morgan fingerprint density at radius 2 is 1.06 bits per heavy atom.